The number of esters is 2. The van der Waals surface area contributed by atoms with E-state index < -0.39 is 32.5 Å². The van der Waals surface area contributed by atoms with Crippen LogP contribution in [0.25, 0.3) is 0 Å². The fraction of sp³-hybridized carbons (Fsp3) is 0.581. The number of carbonyl (C=O) groups is 2. The van der Waals surface area contributed by atoms with Crippen molar-refractivity contribution in [1.29, 1.82) is 0 Å². The van der Waals surface area contributed by atoms with Gasteiger partial charge < -0.3 is 18.9 Å². The second kappa shape index (κ2) is 51.8. The summed E-state index contributed by atoms with van der Waals surface area (Å²) in [6.45, 7) is 4.08. The number of phosphoric ester groups is 1. The minimum Gasteiger partial charge on any atom is -0.462 e. The molecule has 0 spiro atoms. The van der Waals surface area contributed by atoms with E-state index >= 15 is 0 Å². The van der Waals surface area contributed by atoms with Gasteiger partial charge in [-0.2, -0.15) is 0 Å². The van der Waals surface area contributed by atoms with E-state index in [1.165, 1.54) is 38.5 Å². The van der Waals surface area contributed by atoms with Gasteiger partial charge in [-0.25, -0.2) is 4.57 Å². The Balaban J connectivity index is 4.32. The summed E-state index contributed by atoms with van der Waals surface area (Å²) in [5, 5.41) is 0. The van der Waals surface area contributed by atoms with Crippen molar-refractivity contribution in [3.05, 3.63) is 146 Å². The van der Waals surface area contributed by atoms with Crippen LogP contribution in [-0.2, 0) is 32.7 Å². The molecule has 1 N–H and O–H groups in total. The third-order valence-corrected chi connectivity index (χ3v) is 11.9. The van der Waals surface area contributed by atoms with E-state index in [4.69, 9.17) is 18.5 Å². The normalized spacial score (nSPS) is 14.5. The molecule has 0 aliphatic carbocycles. The van der Waals surface area contributed by atoms with Gasteiger partial charge in [0, 0.05) is 12.8 Å². The van der Waals surface area contributed by atoms with Crippen LogP contribution in [0.15, 0.2) is 146 Å². The van der Waals surface area contributed by atoms with Gasteiger partial charge in [0.05, 0.1) is 27.7 Å². The van der Waals surface area contributed by atoms with Crippen LogP contribution in [-0.4, -0.2) is 74.9 Å². The van der Waals surface area contributed by atoms with E-state index in [2.05, 4.69) is 148 Å². The lowest BCUT2D eigenvalue weighted by atomic mass is 10.0. The van der Waals surface area contributed by atoms with Gasteiger partial charge in [-0.05, 0) is 103 Å². The molecule has 0 aromatic rings. The van der Waals surface area contributed by atoms with Crippen LogP contribution < -0.4 is 0 Å². The van der Waals surface area contributed by atoms with Gasteiger partial charge in [0.1, 0.15) is 19.8 Å². The van der Waals surface area contributed by atoms with Gasteiger partial charge >= 0.3 is 19.8 Å². The number of hydrogen-bond acceptors (Lipinski definition) is 7. The van der Waals surface area contributed by atoms with E-state index in [0.29, 0.717) is 23.9 Å². The van der Waals surface area contributed by atoms with E-state index in [9.17, 15) is 19.0 Å². The minimum absolute atomic E-state index is 0.0110. The molecule has 0 fully saturated rings. The largest absolute Gasteiger partial charge is 0.472 e. The molecule has 0 heterocycles. The molecule has 0 aromatic carbocycles. The first kappa shape index (κ1) is 67.9. The van der Waals surface area contributed by atoms with Crippen molar-refractivity contribution in [3.8, 4) is 0 Å². The Bertz CT molecular complexity index is 1720. The quantitative estimate of drug-likeness (QED) is 0.0211. The maximum atomic E-state index is 12.8. The SMILES string of the molecule is CC/C=C\C/C=C\C/C=C\C/C=C\C/C=C\C/C=C\CCCCCCCCCCCCC(=O)OC(COC(=O)CC/C=C\C/C=C\C/C=C\C/C=C\C/C=C\C/C=C\CC)COP(=O)(O)OCC[N+](C)(C)C. The van der Waals surface area contributed by atoms with Crippen LogP contribution in [0.2, 0.25) is 0 Å². The Morgan fingerprint density at radius 1 is 0.431 bits per heavy atom. The number of phosphoric acid groups is 1. The first-order valence-electron chi connectivity index (χ1n) is 27.6. The number of unbranched alkanes of at least 4 members (excludes halogenated alkanes) is 10. The number of nitrogens with zero attached hydrogens (tertiary/aromatic N) is 1. The van der Waals surface area contributed by atoms with Crippen LogP contribution in [0, 0.1) is 0 Å². The predicted molar refractivity (Wildman–Crippen MR) is 307 cm³/mol. The lowest BCUT2D eigenvalue weighted by Crippen LogP contribution is -2.37. The van der Waals surface area contributed by atoms with Gasteiger partial charge in [0.25, 0.3) is 0 Å². The Morgan fingerprint density at radius 3 is 1.17 bits per heavy atom. The van der Waals surface area contributed by atoms with E-state index in [1.54, 1.807) is 0 Å². The summed E-state index contributed by atoms with van der Waals surface area (Å²) >= 11 is 0. The molecule has 0 bridgehead atoms. The Hall–Kier alpha value is -4.11. The summed E-state index contributed by atoms with van der Waals surface area (Å²) < 4.78 is 34.4. The number of carbonyl (C=O) groups excluding carboxylic acids is 2. The van der Waals surface area contributed by atoms with Crippen molar-refractivity contribution in [3.63, 3.8) is 0 Å². The van der Waals surface area contributed by atoms with Crippen LogP contribution in [0.1, 0.15) is 181 Å². The average Bonchev–Trinajstić information content (AvgIpc) is 3.34. The van der Waals surface area contributed by atoms with Crippen molar-refractivity contribution < 1.29 is 42.1 Å². The lowest BCUT2D eigenvalue weighted by Gasteiger charge is -2.24. The van der Waals surface area contributed by atoms with Gasteiger partial charge in [-0.3, -0.25) is 18.6 Å². The molecule has 0 aliphatic rings. The Labute approximate surface area is 440 Å². The fourth-order valence-corrected chi connectivity index (χ4v) is 7.43. The molecule has 0 amide bonds. The zero-order valence-corrected chi connectivity index (χ0v) is 46.7. The maximum Gasteiger partial charge on any atom is 0.472 e. The molecular formula is C62H101NO8P+. The molecule has 406 valence electrons. The van der Waals surface area contributed by atoms with E-state index in [0.717, 1.165) is 103 Å². The number of quaternary nitrogens is 1. The van der Waals surface area contributed by atoms with Crippen LogP contribution >= 0.6 is 7.82 Å². The topological polar surface area (TPSA) is 108 Å². The monoisotopic (exact) mass is 1020 g/mol. The second-order valence-electron chi connectivity index (χ2n) is 18.8. The highest BCUT2D eigenvalue weighted by molar-refractivity contribution is 7.47. The highest BCUT2D eigenvalue weighted by atomic mass is 31.2. The van der Waals surface area contributed by atoms with Crippen molar-refractivity contribution in [2.45, 2.75) is 187 Å². The van der Waals surface area contributed by atoms with Gasteiger partial charge in [0.15, 0.2) is 6.10 Å². The molecule has 0 rings (SSSR count). The van der Waals surface area contributed by atoms with Crippen molar-refractivity contribution >= 4 is 19.8 Å². The molecular weight excluding hydrogens is 918 g/mol. The number of hydrogen-bond donors (Lipinski definition) is 1. The maximum absolute atomic E-state index is 12.8. The molecule has 0 aliphatic heterocycles. The zero-order valence-electron chi connectivity index (χ0n) is 45.8. The molecule has 0 aromatic heterocycles. The summed E-state index contributed by atoms with van der Waals surface area (Å²) in [5.74, 6) is -0.914. The summed E-state index contributed by atoms with van der Waals surface area (Å²) in [7, 11) is 1.41. The number of rotatable bonds is 48. The van der Waals surface area contributed by atoms with Crippen LogP contribution in [0.3, 0.4) is 0 Å². The van der Waals surface area contributed by atoms with Crippen molar-refractivity contribution in [2.24, 2.45) is 0 Å². The third-order valence-electron chi connectivity index (χ3n) is 10.9. The summed E-state index contributed by atoms with van der Waals surface area (Å²) in [6.07, 6.45) is 76.4. The van der Waals surface area contributed by atoms with Crippen molar-refractivity contribution in [2.75, 3.05) is 47.5 Å². The molecule has 10 heteroatoms. The van der Waals surface area contributed by atoms with Crippen LogP contribution in [0.4, 0.5) is 0 Å². The molecule has 9 nitrogen and oxygen atoms in total. The first-order chi connectivity index (χ1) is 35.0. The fourth-order valence-electron chi connectivity index (χ4n) is 6.69. The van der Waals surface area contributed by atoms with Gasteiger partial charge in [0.2, 0.25) is 0 Å². The van der Waals surface area contributed by atoms with Crippen molar-refractivity contribution in [1.82, 2.24) is 0 Å². The van der Waals surface area contributed by atoms with Gasteiger partial charge in [-0.15, -0.1) is 0 Å². The third kappa shape index (κ3) is 55.2. The molecule has 72 heavy (non-hydrogen) atoms. The molecule has 0 radical (unpaired) electrons. The Morgan fingerprint density at radius 2 is 0.778 bits per heavy atom. The molecule has 2 unspecified atom stereocenters. The highest BCUT2D eigenvalue weighted by Crippen LogP contribution is 2.43. The van der Waals surface area contributed by atoms with E-state index in [-0.39, 0.29) is 26.1 Å². The number of likely N-dealkylation sites (N-methyl/N-ethyl adjacent to an activating group) is 1. The van der Waals surface area contributed by atoms with Crippen LogP contribution in [0.5, 0.6) is 0 Å². The van der Waals surface area contributed by atoms with E-state index in [1.807, 2.05) is 33.3 Å². The lowest BCUT2D eigenvalue weighted by molar-refractivity contribution is -0.870. The highest BCUT2D eigenvalue weighted by Gasteiger charge is 2.27. The Kier molecular flexibility index (Phi) is 48.8. The predicted octanol–water partition coefficient (Wildman–Crippen LogP) is 17.1. The average molecular weight is 1020 g/mol. The second-order valence-corrected chi connectivity index (χ2v) is 20.3. The smallest absolute Gasteiger partial charge is 0.462 e. The summed E-state index contributed by atoms with van der Waals surface area (Å²) in [6, 6.07) is 0. The zero-order chi connectivity index (χ0) is 52.7. The molecule has 2 atom stereocenters. The minimum atomic E-state index is -4.41. The van der Waals surface area contributed by atoms with Gasteiger partial charge in [-0.1, -0.05) is 211 Å². The molecule has 0 saturated heterocycles. The molecule has 0 saturated carbocycles. The first-order valence-corrected chi connectivity index (χ1v) is 29.1. The number of allylic oxidation sites excluding steroid dienone is 24. The standard InChI is InChI=1S/C62H100NO8P/c1-6-8-10-12-14-16-18-20-22-24-26-27-28-29-30-31-32-33-34-35-37-39-41-43-45-47-49-51-53-55-62(65)71-60(59-70-72(66,67)69-57-56-63(3,4)5)58-68-61(64)54-52-50-48-46-44-42-40-38-36-25-23-21-19-17-15-13-11-9-7-2/h8-11,14-17,20-23,26-27,29-30,32-33,36,38,42,44,48,50,60H,6-7,12-13,18-19,24-25,28,31,34-35,37,39-41,43,45-47,49,51-59H2,1-5H3/p+1/b10-8-,11-9-,16-14-,17-15-,22-20-,23-21-,27-26-,30-29-,33-32-,38-36-,44-42-,50-48-. The number of ether oxygens (including phenoxy) is 2. The summed E-state index contributed by atoms with van der Waals surface area (Å²) in [4.78, 5) is 35.6. The summed E-state index contributed by atoms with van der Waals surface area (Å²) in [5.41, 5.74) is 0.